The van der Waals surface area contributed by atoms with Crippen molar-refractivity contribution in [2.24, 2.45) is 0 Å². The number of nitrogens with one attached hydrogen (secondary N) is 1. The molecule has 0 saturated heterocycles. The minimum atomic E-state index is 0.945. The molecule has 0 aliphatic carbocycles. The molecule has 3 heterocycles. The maximum atomic E-state index is 4.97. The van der Waals surface area contributed by atoms with E-state index in [1.165, 1.54) is 43.6 Å². The quantitative estimate of drug-likeness (QED) is 0.233. The molecule has 0 spiro atoms. The molecule has 3 nitrogen and oxygen atoms in total. The van der Waals surface area contributed by atoms with Gasteiger partial charge in [-0.2, -0.15) is 0 Å². The van der Waals surface area contributed by atoms with Crippen LogP contribution in [0.2, 0.25) is 0 Å². The largest absolute Gasteiger partial charge is 0.354 e. The molecule has 3 aromatic heterocycles. The molecule has 0 aliphatic heterocycles. The van der Waals surface area contributed by atoms with Crippen LogP contribution in [0.3, 0.4) is 0 Å². The van der Waals surface area contributed by atoms with Crippen LogP contribution < -0.4 is 0 Å². The highest BCUT2D eigenvalue weighted by atomic mass is 14.7. The number of benzene rings is 5. The van der Waals surface area contributed by atoms with Crippen molar-refractivity contribution in [3.63, 3.8) is 0 Å². The highest BCUT2D eigenvalue weighted by Crippen LogP contribution is 2.41. The van der Waals surface area contributed by atoms with E-state index in [0.29, 0.717) is 0 Å². The zero-order chi connectivity index (χ0) is 27.2. The summed E-state index contributed by atoms with van der Waals surface area (Å²) in [7, 11) is 0. The Morgan fingerprint density at radius 2 is 1.12 bits per heavy atom. The van der Waals surface area contributed by atoms with Crippen LogP contribution in [-0.4, -0.2) is 15.0 Å². The van der Waals surface area contributed by atoms with Gasteiger partial charge in [-0.3, -0.25) is 4.98 Å². The van der Waals surface area contributed by atoms with Crippen molar-refractivity contribution in [2.75, 3.05) is 0 Å². The van der Waals surface area contributed by atoms with Gasteiger partial charge >= 0.3 is 0 Å². The van der Waals surface area contributed by atoms with Crippen molar-refractivity contribution in [2.45, 2.75) is 0 Å². The number of rotatable bonds is 4. The third kappa shape index (κ3) is 4.07. The summed E-state index contributed by atoms with van der Waals surface area (Å²) in [4.78, 5) is 12.9. The topological polar surface area (TPSA) is 41.6 Å². The van der Waals surface area contributed by atoms with Crippen molar-refractivity contribution < 1.29 is 0 Å². The third-order valence-corrected chi connectivity index (χ3v) is 7.90. The van der Waals surface area contributed by atoms with Crippen LogP contribution in [0.25, 0.3) is 77.3 Å². The first-order valence-corrected chi connectivity index (χ1v) is 13.8. The number of aromatic nitrogens is 3. The second kappa shape index (κ2) is 9.58. The first kappa shape index (κ1) is 23.4. The van der Waals surface area contributed by atoms with E-state index in [4.69, 9.17) is 4.98 Å². The van der Waals surface area contributed by atoms with Crippen molar-refractivity contribution >= 4 is 32.4 Å². The number of pyridine rings is 2. The van der Waals surface area contributed by atoms with Crippen molar-refractivity contribution in [1.29, 1.82) is 0 Å². The number of fused-ring (bicyclic) bond motifs is 4. The summed E-state index contributed by atoms with van der Waals surface area (Å²) in [6.07, 6.45) is 3.61. The average molecular weight is 524 g/mol. The lowest BCUT2D eigenvalue weighted by atomic mass is 9.94. The van der Waals surface area contributed by atoms with Crippen molar-refractivity contribution in [3.8, 4) is 44.9 Å². The summed E-state index contributed by atoms with van der Waals surface area (Å²) in [6.45, 7) is 0. The Labute approximate surface area is 237 Å². The average Bonchev–Trinajstić information content (AvgIpc) is 3.43. The predicted molar refractivity (Wildman–Crippen MR) is 171 cm³/mol. The number of hydrogen-bond donors (Lipinski definition) is 1. The second-order valence-corrected chi connectivity index (χ2v) is 10.4. The summed E-state index contributed by atoms with van der Waals surface area (Å²) >= 11 is 0. The molecular weight excluding hydrogens is 498 g/mol. The van der Waals surface area contributed by atoms with Gasteiger partial charge in [0.15, 0.2) is 0 Å². The zero-order valence-corrected chi connectivity index (χ0v) is 22.3. The molecule has 8 aromatic rings. The van der Waals surface area contributed by atoms with Crippen LogP contribution in [0.5, 0.6) is 0 Å². The van der Waals surface area contributed by atoms with Crippen LogP contribution in [0, 0.1) is 0 Å². The van der Waals surface area contributed by atoms with E-state index >= 15 is 0 Å². The molecule has 192 valence electrons. The molecule has 0 fully saturated rings. The molecular formula is C38H25N3. The smallest absolute Gasteiger partial charge is 0.0710 e. The van der Waals surface area contributed by atoms with E-state index < -0.39 is 0 Å². The Morgan fingerprint density at radius 3 is 1.88 bits per heavy atom. The van der Waals surface area contributed by atoms with Gasteiger partial charge in [0.1, 0.15) is 0 Å². The lowest BCUT2D eigenvalue weighted by Gasteiger charge is -2.09. The first-order chi connectivity index (χ1) is 20.3. The Balaban J connectivity index is 1.31. The highest BCUT2D eigenvalue weighted by Gasteiger charge is 2.16. The third-order valence-electron chi connectivity index (χ3n) is 7.90. The summed E-state index contributed by atoms with van der Waals surface area (Å²) in [5, 5.41) is 6.13. The Kier molecular flexibility index (Phi) is 5.46. The Hall–Kier alpha value is -5.54. The minimum absolute atomic E-state index is 0.945. The van der Waals surface area contributed by atoms with Crippen LogP contribution in [0.15, 0.2) is 146 Å². The summed E-state index contributed by atoms with van der Waals surface area (Å²) in [5.74, 6) is 0. The van der Waals surface area contributed by atoms with Gasteiger partial charge in [-0.05, 0) is 75.1 Å². The molecule has 8 rings (SSSR count). The molecule has 3 heteroatoms. The van der Waals surface area contributed by atoms with E-state index in [-0.39, 0.29) is 0 Å². The normalized spacial score (nSPS) is 11.4. The lowest BCUT2D eigenvalue weighted by Crippen LogP contribution is -1.88. The van der Waals surface area contributed by atoms with E-state index in [2.05, 4.69) is 125 Å². The SMILES string of the molecule is c1ccc(-c2[nH]c3cc4ccc5cc(-c6cccc(-c7ccncc7)n6)ccc5c4cc3c2-c2ccccc2)cc1. The van der Waals surface area contributed by atoms with Crippen LogP contribution in [0.1, 0.15) is 0 Å². The molecule has 0 saturated carbocycles. The van der Waals surface area contributed by atoms with Crippen LogP contribution in [-0.2, 0) is 0 Å². The maximum Gasteiger partial charge on any atom is 0.0710 e. The lowest BCUT2D eigenvalue weighted by molar-refractivity contribution is 1.29. The van der Waals surface area contributed by atoms with Gasteiger partial charge in [0.05, 0.1) is 17.1 Å². The van der Waals surface area contributed by atoms with Gasteiger partial charge in [-0.1, -0.05) is 91.0 Å². The van der Waals surface area contributed by atoms with Gasteiger partial charge < -0.3 is 4.98 Å². The second-order valence-electron chi connectivity index (χ2n) is 10.4. The number of aromatic amines is 1. The van der Waals surface area contributed by atoms with Gasteiger partial charge in [0, 0.05) is 40.0 Å². The van der Waals surface area contributed by atoms with E-state index in [0.717, 1.165) is 33.7 Å². The fourth-order valence-corrected chi connectivity index (χ4v) is 5.92. The van der Waals surface area contributed by atoms with Crippen molar-refractivity contribution in [1.82, 2.24) is 15.0 Å². The monoisotopic (exact) mass is 523 g/mol. The molecule has 41 heavy (non-hydrogen) atoms. The number of nitrogens with zero attached hydrogens (tertiary/aromatic N) is 2. The van der Waals surface area contributed by atoms with Crippen LogP contribution >= 0.6 is 0 Å². The zero-order valence-electron chi connectivity index (χ0n) is 22.3. The summed E-state index contributed by atoms with van der Waals surface area (Å²) in [6, 6.07) is 47.2. The molecule has 1 N–H and O–H groups in total. The molecule has 5 aromatic carbocycles. The number of hydrogen-bond acceptors (Lipinski definition) is 2. The minimum Gasteiger partial charge on any atom is -0.354 e. The van der Waals surface area contributed by atoms with Crippen molar-refractivity contribution in [3.05, 3.63) is 146 Å². The maximum absolute atomic E-state index is 4.97. The fraction of sp³-hybridized carbons (Fsp3) is 0. The molecule has 0 bridgehead atoms. The number of H-pyrrole nitrogens is 1. The van der Waals surface area contributed by atoms with Gasteiger partial charge in [0.2, 0.25) is 0 Å². The van der Waals surface area contributed by atoms with E-state index in [1.54, 1.807) is 12.4 Å². The summed E-state index contributed by atoms with van der Waals surface area (Å²) in [5.41, 5.74) is 9.99. The fourth-order valence-electron chi connectivity index (χ4n) is 5.92. The standard InChI is InChI=1S/C38H25N3/c1-3-8-26(9-4-1)37-33-24-32-29(23-36(33)41-38(37)27-10-5-2-6-11-27)15-14-28-22-30(16-17-31(28)32)35-13-7-12-34(40-35)25-18-20-39-21-19-25/h1-24,41H. The molecule has 0 unspecified atom stereocenters. The molecule has 0 atom stereocenters. The Bertz CT molecular complexity index is 2180. The first-order valence-electron chi connectivity index (χ1n) is 13.8. The van der Waals surface area contributed by atoms with Gasteiger partial charge in [-0.15, -0.1) is 0 Å². The molecule has 0 radical (unpaired) electrons. The van der Waals surface area contributed by atoms with Gasteiger partial charge in [0.25, 0.3) is 0 Å². The summed E-state index contributed by atoms with van der Waals surface area (Å²) < 4.78 is 0. The van der Waals surface area contributed by atoms with Gasteiger partial charge in [-0.25, -0.2) is 4.98 Å². The highest BCUT2D eigenvalue weighted by molar-refractivity contribution is 6.16. The molecule has 0 amide bonds. The van der Waals surface area contributed by atoms with E-state index in [9.17, 15) is 0 Å². The van der Waals surface area contributed by atoms with Crippen LogP contribution in [0.4, 0.5) is 0 Å². The molecule has 0 aliphatic rings. The van der Waals surface area contributed by atoms with E-state index in [1.807, 2.05) is 18.2 Å². The predicted octanol–water partition coefficient (Wildman–Crippen LogP) is 9.93. The Morgan fingerprint density at radius 1 is 0.439 bits per heavy atom.